The normalized spacial score (nSPS) is 20.1. The Morgan fingerprint density at radius 3 is 2.29 bits per heavy atom. The molecule has 28 heavy (non-hydrogen) atoms. The predicted octanol–water partition coefficient (Wildman–Crippen LogP) is 3.95. The molecule has 3 N–H and O–H groups in total. The Kier molecular flexibility index (Phi) is 5.83. The maximum atomic E-state index is 10.6. The molecule has 154 valence electrons. The van der Waals surface area contributed by atoms with Gasteiger partial charge < -0.3 is 20.2 Å². The van der Waals surface area contributed by atoms with Crippen molar-refractivity contribution in [1.29, 1.82) is 0 Å². The van der Waals surface area contributed by atoms with Crippen LogP contribution in [0.4, 0.5) is 19.2 Å². The third-order valence-corrected chi connectivity index (χ3v) is 5.71. The van der Waals surface area contributed by atoms with Crippen LogP contribution >= 0.6 is 0 Å². The van der Waals surface area contributed by atoms with Crippen molar-refractivity contribution in [3.05, 3.63) is 24.3 Å². The van der Waals surface area contributed by atoms with Crippen molar-refractivity contribution < 1.29 is 27.5 Å². The van der Waals surface area contributed by atoms with Crippen molar-refractivity contribution >= 4 is 23.1 Å². The van der Waals surface area contributed by atoms with Gasteiger partial charge in [-0.15, -0.1) is 0 Å². The SMILES string of the molecule is NC1CCC2(CC1)CCN(c1nc3ccccc3o1)CC2.O=C(O)C(F)(F)F. The lowest BCUT2D eigenvalue weighted by Gasteiger charge is -2.45. The van der Waals surface area contributed by atoms with E-state index in [2.05, 4.69) is 9.88 Å². The van der Waals surface area contributed by atoms with Gasteiger partial charge in [0, 0.05) is 19.1 Å². The summed E-state index contributed by atoms with van der Waals surface area (Å²) < 4.78 is 37.6. The lowest BCUT2D eigenvalue weighted by Crippen LogP contribution is -2.43. The van der Waals surface area contributed by atoms with Crippen molar-refractivity contribution in [3.8, 4) is 0 Å². The third kappa shape index (κ3) is 4.76. The number of carbonyl (C=O) groups is 1. The summed E-state index contributed by atoms with van der Waals surface area (Å²) in [5.74, 6) is -2.76. The van der Waals surface area contributed by atoms with Crippen LogP contribution in [0.5, 0.6) is 0 Å². The lowest BCUT2D eigenvalue weighted by molar-refractivity contribution is -0.192. The molecule has 1 aromatic heterocycles. The number of piperidine rings is 1. The van der Waals surface area contributed by atoms with Gasteiger partial charge in [-0.2, -0.15) is 18.2 Å². The number of alkyl halides is 3. The van der Waals surface area contributed by atoms with Crippen LogP contribution in [0.25, 0.3) is 11.1 Å². The summed E-state index contributed by atoms with van der Waals surface area (Å²) >= 11 is 0. The first-order chi connectivity index (χ1) is 13.2. The lowest BCUT2D eigenvalue weighted by atomic mass is 9.67. The smallest absolute Gasteiger partial charge is 0.475 e. The largest absolute Gasteiger partial charge is 0.490 e. The highest BCUT2D eigenvalue weighted by Gasteiger charge is 2.39. The molecule has 1 aromatic carbocycles. The topological polar surface area (TPSA) is 92.6 Å². The second-order valence-corrected chi connectivity index (χ2v) is 7.59. The number of aromatic nitrogens is 1. The van der Waals surface area contributed by atoms with Gasteiger partial charge in [-0.05, 0) is 56.1 Å². The molecular weight excluding hydrogens is 375 g/mol. The van der Waals surface area contributed by atoms with Gasteiger partial charge in [0.1, 0.15) is 5.52 Å². The van der Waals surface area contributed by atoms with Crippen LogP contribution in [0, 0.1) is 5.41 Å². The highest BCUT2D eigenvalue weighted by Crippen LogP contribution is 2.44. The highest BCUT2D eigenvalue weighted by atomic mass is 19.4. The summed E-state index contributed by atoms with van der Waals surface area (Å²) in [5, 5.41) is 7.12. The summed E-state index contributed by atoms with van der Waals surface area (Å²) in [4.78, 5) is 15.8. The van der Waals surface area contributed by atoms with E-state index in [1.165, 1.54) is 38.5 Å². The van der Waals surface area contributed by atoms with E-state index >= 15 is 0 Å². The molecule has 0 amide bonds. The van der Waals surface area contributed by atoms with E-state index in [-0.39, 0.29) is 0 Å². The summed E-state index contributed by atoms with van der Waals surface area (Å²) in [6.07, 6.45) is 2.41. The number of carboxylic acid groups (broad SMARTS) is 1. The molecule has 2 fully saturated rings. The fraction of sp³-hybridized carbons (Fsp3) is 0.579. The van der Waals surface area contributed by atoms with E-state index in [1.54, 1.807) is 0 Å². The van der Waals surface area contributed by atoms with Crippen molar-refractivity contribution in [1.82, 2.24) is 4.98 Å². The van der Waals surface area contributed by atoms with Crippen LogP contribution in [0.1, 0.15) is 38.5 Å². The molecule has 2 heterocycles. The zero-order chi connectivity index (χ0) is 20.4. The second-order valence-electron chi connectivity index (χ2n) is 7.59. The Morgan fingerprint density at radius 1 is 1.18 bits per heavy atom. The standard InChI is InChI=1S/C17H23N3O.C2HF3O2/c18-13-5-7-17(8-6-13)9-11-20(12-10-17)16-19-14-3-1-2-4-15(14)21-16;3-2(4,5)1(6)7/h1-4,13H,5-12,18H2;(H,6,7). The minimum absolute atomic E-state index is 0.436. The number of nitrogens with two attached hydrogens (primary N) is 1. The zero-order valence-electron chi connectivity index (χ0n) is 15.4. The number of halogens is 3. The quantitative estimate of drug-likeness (QED) is 0.754. The van der Waals surface area contributed by atoms with E-state index in [9.17, 15) is 13.2 Å². The van der Waals surface area contributed by atoms with E-state index in [1.807, 2.05) is 24.3 Å². The van der Waals surface area contributed by atoms with Gasteiger partial charge in [0.25, 0.3) is 6.01 Å². The van der Waals surface area contributed by atoms with Gasteiger partial charge in [0.2, 0.25) is 0 Å². The molecule has 0 atom stereocenters. The molecule has 2 aromatic rings. The van der Waals surface area contributed by atoms with Crippen molar-refractivity contribution in [2.24, 2.45) is 11.1 Å². The third-order valence-electron chi connectivity index (χ3n) is 5.71. The Hall–Kier alpha value is -2.29. The molecular formula is C19H24F3N3O3. The van der Waals surface area contributed by atoms with Crippen molar-refractivity contribution in [2.45, 2.75) is 50.7 Å². The average molecular weight is 399 g/mol. The Labute approximate surface area is 160 Å². The summed E-state index contributed by atoms with van der Waals surface area (Å²) in [6.45, 7) is 2.12. The maximum Gasteiger partial charge on any atom is 0.490 e. The van der Waals surface area contributed by atoms with Crippen LogP contribution < -0.4 is 10.6 Å². The number of anilines is 1. The number of para-hydroxylation sites is 2. The van der Waals surface area contributed by atoms with Crippen LogP contribution in [-0.2, 0) is 4.79 Å². The van der Waals surface area contributed by atoms with Crippen LogP contribution in [-0.4, -0.2) is 41.4 Å². The van der Waals surface area contributed by atoms with Gasteiger partial charge in [-0.25, -0.2) is 4.79 Å². The van der Waals surface area contributed by atoms with Crippen LogP contribution in [0.15, 0.2) is 28.7 Å². The van der Waals surface area contributed by atoms with E-state index in [4.69, 9.17) is 20.1 Å². The molecule has 6 nitrogen and oxygen atoms in total. The highest BCUT2D eigenvalue weighted by molar-refractivity contribution is 5.74. The first kappa shape index (κ1) is 20.4. The van der Waals surface area contributed by atoms with Crippen molar-refractivity contribution in [2.75, 3.05) is 18.0 Å². The van der Waals surface area contributed by atoms with Gasteiger partial charge in [-0.1, -0.05) is 12.1 Å². The molecule has 4 rings (SSSR count). The average Bonchev–Trinajstić information content (AvgIpc) is 3.09. The number of benzene rings is 1. The van der Waals surface area contributed by atoms with E-state index in [0.717, 1.165) is 30.2 Å². The predicted molar refractivity (Wildman–Crippen MR) is 98.0 cm³/mol. The number of nitrogens with zero attached hydrogens (tertiary/aromatic N) is 2. The number of carboxylic acids is 1. The van der Waals surface area contributed by atoms with Crippen molar-refractivity contribution in [3.63, 3.8) is 0 Å². The molecule has 0 bridgehead atoms. The monoisotopic (exact) mass is 399 g/mol. The molecule has 0 radical (unpaired) electrons. The molecule has 1 saturated heterocycles. The molecule has 1 aliphatic heterocycles. The molecule has 1 spiro atoms. The van der Waals surface area contributed by atoms with E-state index in [0.29, 0.717) is 11.5 Å². The van der Waals surface area contributed by atoms with Gasteiger partial charge >= 0.3 is 12.1 Å². The Morgan fingerprint density at radius 2 is 1.75 bits per heavy atom. The summed E-state index contributed by atoms with van der Waals surface area (Å²) in [6, 6.07) is 9.22. The number of hydrogen-bond donors (Lipinski definition) is 2. The van der Waals surface area contributed by atoms with Gasteiger partial charge in [0.05, 0.1) is 0 Å². The number of oxazole rings is 1. The molecule has 1 aliphatic carbocycles. The fourth-order valence-corrected chi connectivity index (χ4v) is 3.92. The fourth-order valence-electron chi connectivity index (χ4n) is 3.92. The van der Waals surface area contributed by atoms with Gasteiger partial charge in [-0.3, -0.25) is 0 Å². The number of rotatable bonds is 1. The number of aliphatic carboxylic acids is 1. The minimum Gasteiger partial charge on any atom is -0.475 e. The van der Waals surface area contributed by atoms with Gasteiger partial charge in [0.15, 0.2) is 5.58 Å². The molecule has 9 heteroatoms. The molecule has 2 aliphatic rings. The first-order valence-electron chi connectivity index (χ1n) is 9.35. The molecule has 0 unspecified atom stereocenters. The number of hydrogen-bond acceptors (Lipinski definition) is 5. The van der Waals surface area contributed by atoms with Crippen LogP contribution in [0.2, 0.25) is 0 Å². The first-order valence-corrected chi connectivity index (χ1v) is 9.35. The Bertz CT molecular complexity index is 770. The van der Waals surface area contributed by atoms with E-state index < -0.39 is 12.1 Å². The zero-order valence-corrected chi connectivity index (χ0v) is 15.4. The number of fused-ring (bicyclic) bond motifs is 1. The minimum atomic E-state index is -5.08. The summed E-state index contributed by atoms with van der Waals surface area (Å²) in [5.41, 5.74) is 8.43. The summed E-state index contributed by atoms with van der Waals surface area (Å²) in [7, 11) is 0. The maximum absolute atomic E-state index is 10.6. The Balaban J connectivity index is 0.000000279. The van der Waals surface area contributed by atoms with Crippen LogP contribution in [0.3, 0.4) is 0 Å². The molecule has 1 saturated carbocycles. The second kappa shape index (κ2) is 7.98.